The van der Waals surface area contributed by atoms with Crippen molar-refractivity contribution in [1.82, 2.24) is 5.32 Å². The minimum Gasteiger partial charge on any atom is -0.492 e. The van der Waals surface area contributed by atoms with Crippen molar-refractivity contribution in [3.8, 4) is 5.75 Å². The second kappa shape index (κ2) is 9.03. The predicted molar refractivity (Wildman–Crippen MR) is 94.9 cm³/mol. The van der Waals surface area contributed by atoms with E-state index in [-0.39, 0.29) is 13.2 Å². The van der Waals surface area contributed by atoms with Crippen molar-refractivity contribution >= 4 is 36.3 Å². The molecule has 0 spiro atoms. The molecule has 134 valence electrons. The molecule has 0 aliphatic rings. The molecular weight excluding hydrogens is 354 g/mol. The minimum atomic E-state index is -0.800. The molecule has 0 aliphatic carbocycles. The topological polar surface area (TPSA) is 73.9 Å². The number of benzene rings is 1. The highest BCUT2D eigenvalue weighted by molar-refractivity contribution is 7.81. The summed E-state index contributed by atoms with van der Waals surface area (Å²) in [7, 11) is 1.28. The number of carbonyl (C=O) groups excluding carboxylic acids is 2. The zero-order chi connectivity index (χ0) is 18.3. The van der Waals surface area contributed by atoms with E-state index in [4.69, 9.17) is 21.1 Å². The molecule has 0 bridgehead atoms. The van der Waals surface area contributed by atoms with E-state index in [2.05, 4.69) is 22.7 Å². The van der Waals surface area contributed by atoms with E-state index in [1.54, 1.807) is 39.0 Å². The number of methoxy groups -OCH3 is 1. The molecular formula is C16H22ClNO5S. The summed E-state index contributed by atoms with van der Waals surface area (Å²) in [5.41, 5.74) is -0.0599. The number of rotatable bonds is 6. The van der Waals surface area contributed by atoms with Crippen molar-refractivity contribution in [2.75, 3.05) is 20.3 Å². The number of ether oxygens (including phenoxy) is 3. The maximum Gasteiger partial charge on any atom is 0.407 e. The van der Waals surface area contributed by atoms with Crippen molar-refractivity contribution < 1.29 is 23.8 Å². The molecule has 0 heterocycles. The highest BCUT2D eigenvalue weighted by Crippen LogP contribution is 2.31. The minimum absolute atomic E-state index is 0.232. The first kappa shape index (κ1) is 20.4. The Morgan fingerprint density at radius 3 is 2.58 bits per heavy atom. The third kappa shape index (κ3) is 6.88. The van der Waals surface area contributed by atoms with Gasteiger partial charge in [0.25, 0.3) is 0 Å². The van der Waals surface area contributed by atoms with Crippen molar-refractivity contribution in [2.24, 2.45) is 0 Å². The first-order valence-corrected chi connectivity index (χ1v) is 8.18. The molecule has 0 fully saturated rings. The number of amides is 1. The molecule has 0 saturated carbocycles. The van der Waals surface area contributed by atoms with Gasteiger partial charge in [-0.3, -0.25) is 4.79 Å². The van der Waals surface area contributed by atoms with Gasteiger partial charge in [0.2, 0.25) is 0 Å². The number of carbonyl (C=O) groups is 2. The van der Waals surface area contributed by atoms with Crippen LogP contribution in [0, 0.1) is 0 Å². The number of halogens is 1. The van der Waals surface area contributed by atoms with Gasteiger partial charge in [0.05, 0.1) is 13.7 Å². The zero-order valence-electron chi connectivity index (χ0n) is 14.1. The van der Waals surface area contributed by atoms with Crippen LogP contribution >= 0.6 is 24.2 Å². The van der Waals surface area contributed by atoms with Crippen LogP contribution in [0.5, 0.6) is 5.75 Å². The Bertz CT molecular complexity index is 588. The van der Waals surface area contributed by atoms with Crippen LogP contribution in [0.15, 0.2) is 18.2 Å². The van der Waals surface area contributed by atoms with Gasteiger partial charge in [0, 0.05) is 5.02 Å². The fourth-order valence-electron chi connectivity index (χ4n) is 1.70. The molecule has 1 N–H and O–H groups in total. The van der Waals surface area contributed by atoms with Gasteiger partial charge in [0.15, 0.2) is 0 Å². The van der Waals surface area contributed by atoms with E-state index in [0.717, 1.165) is 0 Å². The van der Waals surface area contributed by atoms with Gasteiger partial charge < -0.3 is 19.5 Å². The summed E-state index contributed by atoms with van der Waals surface area (Å²) in [5.74, 6) is -0.00711. The highest BCUT2D eigenvalue weighted by Gasteiger charge is 2.20. The molecule has 1 aromatic carbocycles. The Labute approximate surface area is 152 Å². The number of esters is 1. The smallest absolute Gasteiger partial charge is 0.407 e. The van der Waals surface area contributed by atoms with Crippen LogP contribution < -0.4 is 10.1 Å². The monoisotopic (exact) mass is 375 g/mol. The van der Waals surface area contributed by atoms with Crippen LogP contribution in [0.4, 0.5) is 4.79 Å². The molecule has 1 rings (SSSR count). The first-order valence-electron chi connectivity index (χ1n) is 7.29. The zero-order valence-corrected chi connectivity index (χ0v) is 15.7. The SMILES string of the molecule is COC(=O)C(S)c1cc(OCCNC(=O)OC(C)(C)C)ccc1Cl. The summed E-state index contributed by atoms with van der Waals surface area (Å²) >= 11 is 10.3. The third-order valence-corrected chi connectivity index (χ3v) is 3.56. The summed E-state index contributed by atoms with van der Waals surface area (Å²) < 4.78 is 15.3. The Morgan fingerprint density at radius 1 is 1.33 bits per heavy atom. The lowest BCUT2D eigenvalue weighted by Crippen LogP contribution is -2.34. The molecule has 1 unspecified atom stereocenters. The average Bonchev–Trinajstić information content (AvgIpc) is 2.49. The highest BCUT2D eigenvalue weighted by atomic mass is 35.5. The van der Waals surface area contributed by atoms with E-state index in [9.17, 15) is 9.59 Å². The average molecular weight is 376 g/mol. The lowest BCUT2D eigenvalue weighted by atomic mass is 10.1. The molecule has 1 atom stereocenters. The normalized spacial score (nSPS) is 12.2. The van der Waals surface area contributed by atoms with Crippen LogP contribution in [0.2, 0.25) is 5.02 Å². The summed E-state index contributed by atoms with van der Waals surface area (Å²) in [4.78, 5) is 23.1. The molecule has 8 heteroatoms. The van der Waals surface area contributed by atoms with Crippen molar-refractivity contribution in [3.05, 3.63) is 28.8 Å². The Morgan fingerprint density at radius 2 is 2.00 bits per heavy atom. The van der Waals surface area contributed by atoms with Crippen LogP contribution in [-0.4, -0.2) is 37.9 Å². The number of hydrogen-bond acceptors (Lipinski definition) is 6. The summed E-state index contributed by atoms with van der Waals surface area (Å²) in [6.07, 6.45) is -0.510. The quantitative estimate of drug-likeness (QED) is 0.453. The van der Waals surface area contributed by atoms with Crippen molar-refractivity contribution in [1.29, 1.82) is 0 Å². The van der Waals surface area contributed by atoms with Crippen molar-refractivity contribution in [3.63, 3.8) is 0 Å². The number of thiol groups is 1. The molecule has 0 aliphatic heterocycles. The second-order valence-corrected chi connectivity index (χ2v) is 6.81. The van der Waals surface area contributed by atoms with Gasteiger partial charge in [-0.2, -0.15) is 12.6 Å². The Balaban J connectivity index is 2.55. The van der Waals surface area contributed by atoms with Crippen LogP contribution in [0.1, 0.15) is 31.6 Å². The maximum absolute atomic E-state index is 11.6. The van der Waals surface area contributed by atoms with E-state index in [1.165, 1.54) is 7.11 Å². The molecule has 1 amide bonds. The van der Waals surface area contributed by atoms with Gasteiger partial charge in [-0.25, -0.2) is 4.79 Å². The fourth-order valence-corrected chi connectivity index (χ4v) is 2.32. The molecule has 1 aromatic rings. The van der Waals surface area contributed by atoms with E-state index >= 15 is 0 Å². The van der Waals surface area contributed by atoms with Gasteiger partial charge >= 0.3 is 12.1 Å². The molecule has 0 saturated heterocycles. The lowest BCUT2D eigenvalue weighted by Gasteiger charge is -2.19. The summed E-state index contributed by atoms with van der Waals surface area (Å²) in [6.45, 7) is 5.86. The molecule has 6 nitrogen and oxygen atoms in total. The summed E-state index contributed by atoms with van der Waals surface area (Å²) in [6, 6.07) is 4.89. The largest absolute Gasteiger partial charge is 0.492 e. The second-order valence-electron chi connectivity index (χ2n) is 5.89. The van der Waals surface area contributed by atoms with Gasteiger partial charge in [-0.1, -0.05) is 11.6 Å². The predicted octanol–water partition coefficient (Wildman–Crippen LogP) is 3.39. The molecule has 24 heavy (non-hydrogen) atoms. The number of nitrogens with one attached hydrogen (secondary N) is 1. The lowest BCUT2D eigenvalue weighted by molar-refractivity contribution is -0.140. The van der Waals surface area contributed by atoms with Crippen LogP contribution in [0.25, 0.3) is 0 Å². The number of alkyl carbamates (subject to hydrolysis) is 1. The Kier molecular flexibility index (Phi) is 7.69. The first-order chi connectivity index (χ1) is 11.1. The Hall–Kier alpha value is -1.60. The van der Waals surface area contributed by atoms with Crippen molar-refractivity contribution in [2.45, 2.75) is 31.6 Å². The van der Waals surface area contributed by atoms with Crippen LogP contribution in [0.3, 0.4) is 0 Å². The number of hydrogen-bond donors (Lipinski definition) is 2. The third-order valence-electron chi connectivity index (χ3n) is 2.73. The van der Waals surface area contributed by atoms with Gasteiger partial charge in [-0.05, 0) is 44.5 Å². The standard InChI is InChI=1S/C16H22ClNO5S/c1-16(2,3)23-15(20)18-7-8-22-10-5-6-12(17)11(9-10)13(24)14(19)21-4/h5-6,9,13,24H,7-8H2,1-4H3,(H,18,20). The maximum atomic E-state index is 11.6. The van der Waals surface area contributed by atoms with E-state index in [1.807, 2.05) is 0 Å². The van der Waals surface area contributed by atoms with Gasteiger partial charge in [-0.15, -0.1) is 0 Å². The van der Waals surface area contributed by atoms with E-state index < -0.39 is 22.9 Å². The summed E-state index contributed by atoms with van der Waals surface area (Å²) in [5, 5.41) is 2.17. The van der Waals surface area contributed by atoms with Gasteiger partial charge in [0.1, 0.15) is 23.2 Å². The molecule has 0 aromatic heterocycles. The molecule has 0 radical (unpaired) electrons. The van der Waals surface area contributed by atoms with Crippen LogP contribution in [-0.2, 0) is 14.3 Å². The fraction of sp³-hybridized carbons (Fsp3) is 0.500. The van der Waals surface area contributed by atoms with E-state index in [0.29, 0.717) is 16.3 Å².